The van der Waals surface area contributed by atoms with Crippen molar-refractivity contribution in [3.05, 3.63) is 0 Å². The third kappa shape index (κ3) is 2.09. The molecular weight excluding hydrogens is 167 g/mol. The standard InChI is InChI=1S/C2IO/c3-1-2-4. The lowest BCUT2D eigenvalue weighted by atomic mass is 11.3. The van der Waals surface area contributed by atoms with E-state index < -0.39 is 0 Å². The summed E-state index contributed by atoms with van der Waals surface area (Å²) in [5.74, 6) is 0. The van der Waals surface area contributed by atoms with Crippen LogP contribution in [0.15, 0.2) is 0 Å². The average molecular weight is 167 g/mol. The van der Waals surface area contributed by atoms with Crippen LogP contribution in [0.4, 0.5) is 0 Å². The molecule has 4 heavy (non-hydrogen) atoms. The van der Waals surface area contributed by atoms with Gasteiger partial charge in [-0.15, -0.1) is 0 Å². The summed E-state index contributed by atoms with van der Waals surface area (Å²) in [7, 11) is 0. The maximum Gasteiger partial charge on any atom is 0.183 e. The van der Waals surface area contributed by atoms with Crippen LogP contribution in [-0.2, 0) is 5.11 Å². The fourth-order valence-electron chi connectivity index (χ4n) is 0. The highest BCUT2D eigenvalue weighted by Crippen LogP contribution is 1.64. The monoisotopic (exact) mass is 167 g/mol. The zero-order valence-electron chi connectivity index (χ0n) is 1.79. The highest BCUT2D eigenvalue weighted by Gasteiger charge is 1.37. The smallest absolute Gasteiger partial charge is 0.183 e. The number of rotatable bonds is 0. The van der Waals surface area contributed by atoms with E-state index in [9.17, 15) is 0 Å². The van der Waals surface area contributed by atoms with Gasteiger partial charge in [0, 0.05) is 26.5 Å². The summed E-state index contributed by atoms with van der Waals surface area (Å²) in [6.45, 7) is 0. The Bertz CT molecular complexity index is 42.8. The van der Waals surface area contributed by atoms with Gasteiger partial charge in [-0.3, -0.25) is 0 Å². The Morgan fingerprint density at radius 1 is 1.75 bits per heavy atom. The van der Waals surface area contributed by atoms with Gasteiger partial charge < -0.3 is 0 Å². The molecular formula is C2IO. The van der Waals surface area contributed by atoms with Crippen molar-refractivity contribution in [2.75, 3.05) is 0 Å². The summed E-state index contributed by atoms with van der Waals surface area (Å²) in [5, 5.41) is 8.93. The van der Waals surface area contributed by atoms with Gasteiger partial charge in [-0.05, 0) is 0 Å². The molecule has 0 aromatic heterocycles. The lowest BCUT2D eigenvalue weighted by Crippen LogP contribution is -1.27. The summed E-state index contributed by atoms with van der Waals surface area (Å²) in [6, 6.07) is 0. The van der Waals surface area contributed by atoms with Crippen molar-refractivity contribution >= 4 is 22.6 Å². The van der Waals surface area contributed by atoms with Crippen LogP contribution >= 0.6 is 22.6 Å². The van der Waals surface area contributed by atoms with Crippen LogP contribution in [0.25, 0.3) is 0 Å². The lowest BCUT2D eigenvalue weighted by Gasteiger charge is -1.31. The van der Waals surface area contributed by atoms with E-state index in [0.29, 0.717) is 0 Å². The van der Waals surface area contributed by atoms with Crippen molar-refractivity contribution in [1.29, 1.82) is 0 Å². The van der Waals surface area contributed by atoms with Crippen LogP contribution in [0.1, 0.15) is 0 Å². The van der Waals surface area contributed by atoms with Gasteiger partial charge >= 0.3 is 0 Å². The average Bonchev–Trinajstić information content (AvgIpc) is 1.37. The normalized spacial score (nSPS) is 3.25. The van der Waals surface area contributed by atoms with Gasteiger partial charge in [-0.1, -0.05) is 0 Å². The Morgan fingerprint density at radius 3 is 2.00 bits per heavy atom. The fourth-order valence-corrected chi connectivity index (χ4v) is 0. The second-order valence-corrected chi connectivity index (χ2v) is 0.736. The summed E-state index contributed by atoms with van der Waals surface area (Å²) in [5.41, 5.74) is 0. The molecule has 0 aliphatic carbocycles. The molecule has 0 fully saturated rings. The van der Waals surface area contributed by atoms with Crippen LogP contribution in [0.5, 0.6) is 0 Å². The van der Waals surface area contributed by atoms with E-state index in [4.69, 9.17) is 5.11 Å². The number of halogens is 1. The molecule has 0 unspecified atom stereocenters. The molecule has 0 aliphatic rings. The van der Waals surface area contributed by atoms with Crippen molar-refractivity contribution in [2.24, 2.45) is 0 Å². The van der Waals surface area contributed by atoms with Gasteiger partial charge in [0.2, 0.25) is 0 Å². The molecule has 0 spiro atoms. The van der Waals surface area contributed by atoms with Gasteiger partial charge in [-0.25, -0.2) is 5.11 Å². The third-order valence-corrected chi connectivity index (χ3v) is 0.259. The predicted octanol–water partition coefficient (Wildman–Crippen LogP) is 0.770. The molecule has 0 atom stereocenters. The van der Waals surface area contributed by atoms with Crippen molar-refractivity contribution < 1.29 is 5.11 Å². The molecule has 21 valence electrons. The van der Waals surface area contributed by atoms with E-state index in [1.165, 1.54) is 6.11 Å². The molecule has 0 aliphatic heterocycles. The van der Waals surface area contributed by atoms with Gasteiger partial charge in [-0.2, -0.15) is 0 Å². The quantitative estimate of drug-likeness (QED) is 0.375. The minimum atomic E-state index is 1.42. The van der Waals surface area contributed by atoms with Crippen LogP contribution < -0.4 is 0 Å². The minimum Gasteiger partial charge on any atom is -0.223 e. The first-order valence-corrected chi connectivity index (χ1v) is 1.72. The molecule has 0 saturated heterocycles. The summed E-state index contributed by atoms with van der Waals surface area (Å²) in [6.07, 6.45) is 1.42. The van der Waals surface area contributed by atoms with Crippen molar-refractivity contribution in [3.63, 3.8) is 0 Å². The molecule has 0 bridgehead atoms. The van der Waals surface area contributed by atoms with Crippen molar-refractivity contribution in [2.45, 2.75) is 0 Å². The minimum absolute atomic E-state index is 1.42. The second kappa shape index (κ2) is 3.09. The highest BCUT2D eigenvalue weighted by atomic mass is 127. The van der Waals surface area contributed by atoms with Crippen LogP contribution in [-0.4, -0.2) is 0 Å². The second-order valence-electron chi connectivity index (χ2n) is 0.197. The van der Waals surface area contributed by atoms with Crippen molar-refractivity contribution in [3.8, 4) is 10.0 Å². The lowest BCUT2D eigenvalue weighted by molar-refractivity contribution is 0.392. The largest absolute Gasteiger partial charge is 0.223 e. The van der Waals surface area contributed by atoms with E-state index in [1.54, 1.807) is 22.6 Å². The third-order valence-electron chi connectivity index (χ3n) is 0.0386. The van der Waals surface area contributed by atoms with Gasteiger partial charge in [0.25, 0.3) is 0 Å². The molecule has 0 amide bonds. The Labute approximate surface area is 38.2 Å². The zero-order valence-corrected chi connectivity index (χ0v) is 3.94. The molecule has 0 heterocycles. The van der Waals surface area contributed by atoms with E-state index in [-0.39, 0.29) is 0 Å². The SMILES string of the molecule is [O]C#CI. The molecule has 2 heteroatoms. The van der Waals surface area contributed by atoms with Crippen molar-refractivity contribution in [1.82, 2.24) is 0 Å². The number of hydrogen-bond acceptors (Lipinski definition) is 0. The maximum absolute atomic E-state index is 8.93. The maximum atomic E-state index is 8.93. The van der Waals surface area contributed by atoms with E-state index >= 15 is 0 Å². The number of hydrogen-bond donors (Lipinski definition) is 0. The predicted molar refractivity (Wildman–Crippen MR) is 22.5 cm³/mol. The first-order valence-electron chi connectivity index (χ1n) is 0.643. The zero-order chi connectivity index (χ0) is 3.41. The molecule has 0 saturated carbocycles. The van der Waals surface area contributed by atoms with Gasteiger partial charge in [0.05, 0.1) is 0 Å². The van der Waals surface area contributed by atoms with E-state index in [0.717, 1.165) is 0 Å². The topological polar surface area (TPSA) is 19.9 Å². The molecule has 0 rings (SSSR count). The Kier molecular flexibility index (Phi) is 3.16. The molecule has 0 aromatic carbocycles. The highest BCUT2D eigenvalue weighted by molar-refractivity contribution is 14.1. The van der Waals surface area contributed by atoms with Gasteiger partial charge in [0.1, 0.15) is 0 Å². The van der Waals surface area contributed by atoms with Crippen LogP contribution in [0.3, 0.4) is 0 Å². The summed E-state index contributed by atoms with van der Waals surface area (Å²) in [4.78, 5) is 0. The van der Waals surface area contributed by atoms with E-state index in [1.807, 2.05) is 0 Å². The Morgan fingerprint density at radius 2 is 2.00 bits per heavy atom. The molecule has 1 radical (unpaired) electrons. The Hall–Kier alpha value is 0.0900. The molecule has 0 N–H and O–H groups in total. The fraction of sp³-hybridized carbons (Fsp3) is 0. The molecule has 1 nitrogen and oxygen atoms in total. The van der Waals surface area contributed by atoms with Crippen LogP contribution in [0.2, 0.25) is 0 Å². The van der Waals surface area contributed by atoms with Crippen LogP contribution in [0, 0.1) is 10.0 Å². The molecule has 0 aromatic rings. The Balaban J connectivity index is 2.83. The van der Waals surface area contributed by atoms with Gasteiger partial charge in [0.15, 0.2) is 6.11 Å². The van der Waals surface area contributed by atoms with E-state index in [2.05, 4.69) is 3.93 Å². The first kappa shape index (κ1) is 4.09. The summed E-state index contributed by atoms with van der Waals surface area (Å²) >= 11 is 1.68. The summed E-state index contributed by atoms with van der Waals surface area (Å²) < 4.78 is 2.09. The first-order chi connectivity index (χ1) is 1.91.